The predicted octanol–water partition coefficient (Wildman–Crippen LogP) is 4.07. The van der Waals surface area contributed by atoms with Crippen molar-refractivity contribution in [2.75, 3.05) is 40.9 Å². The lowest BCUT2D eigenvalue weighted by molar-refractivity contribution is -0.124. The topological polar surface area (TPSA) is 97.4 Å². The minimum Gasteiger partial charge on any atom is -0.493 e. The average molecular weight is 538 g/mol. The van der Waals surface area contributed by atoms with Gasteiger partial charge in [0.1, 0.15) is 11.9 Å². The Morgan fingerprint density at radius 3 is 2.38 bits per heavy atom. The summed E-state index contributed by atoms with van der Waals surface area (Å²) in [4.78, 5) is 43.3. The number of hydrogen-bond donors (Lipinski definition) is 1. The second-order valence-corrected chi connectivity index (χ2v) is 10.5. The molecule has 9 nitrogen and oxygen atoms in total. The van der Waals surface area contributed by atoms with Crippen molar-refractivity contribution in [3.63, 3.8) is 0 Å². The van der Waals surface area contributed by atoms with Crippen molar-refractivity contribution in [3.05, 3.63) is 53.1 Å². The number of carbonyl (C=O) groups is 3. The molecule has 4 rings (SSSR count). The van der Waals surface area contributed by atoms with E-state index in [1.54, 1.807) is 44.6 Å². The number of amides is 3. The number of rotatable bonds is 11. The van der Waals surface area contributed by atoms with Crippen molar-refractivity contribution in [3.8, 4) is 17.2 Å². The lowest BCUT2D eigenvalue weighted by Crippen LogP contribution is -2.36. The van der Waals surface area contributed by atoms with Crippen LogP contribution in [0.3, 0.4) is 0 Å². The minimum atomic E-state index is -0.565. The first-order chi connectivity index (χ1) is 18.7. The van der Waals surface area contributed by atoms with E-state index in [1.807, 2.05) is 19.9 Å². The van der Waals surface area contributed by atoms with Gasteiger partial charge in [0.2, 0.25) is 5.91 Å². The minimum absolute atomic E-state index is 0.00383. The van der Waals surface area contributed by atoms with Crippen LogP contribution in [0.4, 0.5) is 0 Å². The van der Waals surface area contributed by atoms with Crippen molar-refractivity contribution in [2.24, 2.45) is 5.92 Å². The Balaban J connectivity index is 1.62. The van der Waals surface area contributed by atoms with Gasteiger partial charge in [0.05, 0.1) is 31.4 Å². The van der Waals surface area contributed by atoms with Crippen molar-refractivity contribution in [1.82, 2.24) is 15.1 Å². The maximum Gasteiger partial charge on any atom is 0.265 e. The fraction of sp³-hybridized carbons (Fsp3) is 0.500. The Morgan fingerprint density at radius 1 is 1.00 bits per heavy atom. The lowest BCUT2D eigenvalue weighted by atomic mass is 9.99. The number of fused-ring (bicyclic) bond motifs is 1. The van der Waals surface area contributed by atoms with Gasteiger partial charge in [0.15, 0.2) is 11.5 Å². The predicted molar refractivity (Wildman–Crippen MR) is 147 cm³/mol. The molecule has 2 heterocycles. The number of hydrogen-bond acceptors (Lipinski definition) is 7. The summed E-state index contributed by atoms with van der Waals surface area (Å²) in [6, 6.07) is 10.1. The third-order valence-corrected chi connectivity index (χ3v) is 7.45. The van der Waals surface area contributed by atoms with Gasteiger partial charge in [-0.3, -0.25) is 19.3 Å². The molecule has 1 N–H and O–H groups in total. The Labute approximate surface area is 230 Å². The first-order valence-corrected chi connectivity index (χ1v) is 13.6. The molecule has 2 aromatic carbocycles. The maximum absolute atomic E-state index is 13.9. The highest BCUT2D eigenvalue weighted by Crippen LogP contribution is 2.40. The molecule has 9 heteroatoms. The van der Waals surface area contributed by atoms with Crippen molar-refractivity contribution >= 4 is 17.7 Å². The number of methoxy groups -OCH3 is 2. The Morgan fingerprint density at radius 2 is 1.72 bits per heavy atom. The van der Waals surface area contributed by atoms with Crippen LogP contribution in [0.5, 0.6) is 17.2 Å². The van der Waals surface area contributed by atoms with Crippen LogP contribution in [0, 0.1) is 5.92 Å². The molecular formula is C30H39N3O6. The summed E-state index contributed by atoms with van der Waals surface area (Å²) in [6.45, 7) is 5.97. The Hall–Kier alpha value is -3.59. The van der Waals surface area contributed by atoms with Gasteiger partial charge in [-0.1, -0.05) is 26.0 Å². The largest absolute Gasteiger partial charge is 0.493 e. The summed E-state index contributed by atoms with van der Waals surface area (Å²) in [5.41, 5.74) is 1.42. The molecule has 1 unspecified atom stereocenters. The van der Waals surface area contributed by atoms with Gasteiger partial charge >= 0.3 is 0 Å². The van der Waals surface area contributed by atoms with Gasteiger partial charge in [0.25, 0.3) is 11.8 Å². The van der Waals surface area contributed by atoms with Crippen molar-refractivity contribution in [2.45, 2.75) is 51.7 Å². The number of ether oxygens (including phenoxy) is 3. The molecule has 0 saturated carbocycles. The summed E-state index contributed by atoms with van der Waals surface area (Å²) in [5.74, 6) is 0.647. The molecule has 2 aromatic rings. The number of imide groups is 1. The normalized spacial score (nSPS) is 16.8. The molecule has 39 heavy (non-hydrogen) atoms. The number of nitrogens with one attached hydrogen (secondary N) is 1. The lowest BCUT2D eigenvalue weighted by Gasteiger charge is -2.30. The van der Waals surface area contributed by atoms with E-state index < -0.39 is 6.04 Å². The molecule has 210 valence electrons. The van der Waals surface area contributed by atoms with Gasteiger partial charge in [-0.2, -0.15) is 0 Å². The van der Waals surface area contributed by atoms with Crippen LogP contribution >= 0.6 is 0 Å². The second kappa shape index (κ2) is 12.5. The molecule has 1 saturated heterocycles. The zero-order valence-electron chi connectivity index (χ0n) is 23.5. The van der Waals surface area contributed by atoms with Crippen LogP contribution in [0.1, 0.15) is 71.9 Å². The van der Waals surface area contributed by atoms with Crippen LogP contribution < -0.4 is 19.5 Å². The maximum atomic E-state index is 13.9. The summed E-state index contributed by atoms with van der Waals surface area (Å²) in [6.07, 6.45) is 2.76. The molecule has 0 aliphatic carbocycles. The number of carbonyl (C=O) groups excluding carboxylic acids is 3. The van der Waals surface area contributed by atoms with Gasteiger partial charge in [0, 0.05) is 25.6 Å². The van der Waals surface area contributed by atoms with E-state index >= 15 is 0 Å². The first-order valence-electron chi connectivity index (χ1n) is 13.6. The van der Waals surface area contributed by atoms with E-state index in [0.29, 0.717) is 47.8 Å². The average Bonchev–Trinajstić information content (AvgIpc) is 3.19. The molecule has 0 aromatic heterocycles. The van der Waals surface area contributed by atoms with Crippen LogP contribution in [-0.2, 0) is 4.79 Å². The first kappa shape index (κ1) is 28.4. The summed E-state index contributed by atoms with van der Waals surface area (Å²) >= 11 is 0. The standard InChI is InChI=1S/C30H39N3O6/c1-19(2)28(34)31-15-7-9-23(20-11-12-24(37-4)26(18-20)38-5)33-29(35)22-8-6-10-25(27(22)30(33)36)39-21-13-16-32(3)17-14-21/h6,8,10-12,18-19,21,23H,7,9,13-17H2,1-5H3,(H,31,34). The van der Waals surface area contributed by atoms with E-state index in [-0.39, 0.29) is 29.7 Å². The van der Waals surface area contributed by atoms with Gasteiger partial charge in [-0.05, 0) is 62.6 Å². The fourth-order valence-corrected chi connectivity index (χ4v) is 5.15. The molecule has 1 atom stereocenters. The second-order valence-electron chi connectivity index (χ2n) is 10.5. The summed E-state index contributed by atoms with van der Waals surface area (Å²) < 4.78 is 17.2. The van der Waals surface area contributed by atoms with E-state index in [2.05, 4.69) is 17.3 Å². The molecule has 0 spiro atoms. The monoisotopic (exact) mass is 537 g/mol. The van der Waals surface area contributed by atoms with Gasteiger partial charge < -0.3 is 24.4 Å². The van der Waals surface area contributed by atoms with Crippen molar-refractivity contribution in [1.29, 1.82) is 0 Å². The van der Waals surface area contributed by atoms with Crippen LogP contribution in [0.25, 0.3) is 0 Å². The number of likely N-dealkylation sites (tertiary alicyclic amines) is 1. The highest BCUT2D eigenvalue weighted by atomic mass is 16.5. The SMILES string of the molecule is COc1ccc(C(CCCNC(=O)C(C)C)N2C(=O)c3cccc(OC4CCN(C)CC4)c3C2=O)cc1OC. The van der Waals surface area contributed by atoms with E-state index in [0.717, 1.165) is 31.5 Å². The molecule has 2 aliphatic heterocycles. The van der Waals surface area contributed by atoms with Gasteiger partial charge in [-0.15, -0.1) is 0 Å². The van der Waals surface area contributed by atoms with Crippen LogP contribution in [-0.4, -0.2) is 74.5 Å². The van der Waals surface area contributed by atoms with Crippen LogP contribution in [0.2, 0.25) is 0 Å². The third kappa shape index (κ3) is 6.19. The van der Waals surface area contributed by atoms with Crippen LogP contribution in [0.15, 0.2) is 36.4 Å². The molecule has 0 bridgehead atoms. The Bertz CT molecular complexity index is 1210. The molecule has 3 amide bonds. The van der Waals surface area contributed by atoms with E-state index in [4.69, 9.17) is 14.2 Å². The Kier molecular flexibility index (Phi) is 9.12. The fourth-order valence-electron chi connectivity index (χ4n) is 5.15. The van der Waals surface area contributed by atoms with E-state index in [1.165, 1.54) is 4.90 Å². The quantitative estimate of drug-likeness (QED) is 0.341. The van der Waals surface area contributed by atoms with Gasteiger partial charge in [-0.25, -0.2) is 0 Å². The highest BCUT2D eigenvalue weighted by Gasteiger charge is 2.43. The smallest absolute Gasteiger partial charge is 0.265 e. The van der Waals surface area contributed by atoms with E-state index in [9.17, 15) is 14.4 Å². The molecule has 0 radical (unpaired) electrons. The zero-order chi connectivity index (χ0) is 28.1. The highest BCUT2D eigenvalue weighted by molar-refractivity contribution is 6.22. The number of nitrogens with zero attached hydrogens (tertiary/aromatic N) is 2. The number of piperidine rings is 1. The molecular weight excluding hydrogens is 498 g/mol. The van der Waals surface area contributed by atoms with Crippen molar-refractivity contribution < 1.29 is 28.6 Å². The zero-order valence-corrected chi connectivity index (χ0v) is 23.5. The third-order valence-electron chi connectivity index (χ3n) is 7.45. The molecule has 1 fully saturated rings. The molecule has 2 aliphatic rings. The summed E-state index contributed by atoms with van der Waals surface area (Å²) in [5, 5.41) is 2.92. The number of benzene rings is 2. The summed E-state index contributed by atoms with van der Waals surface area (Å²) in [7, 11) is 5.19.